The van der Waals surface area contributed by atoms with Gasteiger partial charge in [-0.2, -0.15) is 0 Å². The number of ether oxygens (including phenoxy) is 1. The molecule has 9 heteroatoms. The average molecular weight is 566 g/mol. The second-order valence-corrected chi connectivity index (χ2v) is 9.67. The van der Waals surface area contributed by atoms with Crippen LogP contribution in [0.5, 0.6) is 5.75 Å². The maximum atomic E-state index is 13.8. The Morgan fingerprint density at radius 3 is 2.08 bits per heavy atom. The smallest absolute Gasteiger partial charge is 0.410 e. The van der Waals surface area contributed by atoms with Crippen LogP contribution in [0.4, 0.5) is 13.6 Å². The molecule has 0 saturated carbocycles. The van der Waals surface area contributed by atoms with Crippen LogP contribution in [0.1, 0.15) is 34.3 Å². The van der Waals surface area contributed by atoms with Crippen molar-refractivity contribution in [3.05, 3.63) is 127 Å². The molecule has 4 aromatic rings. The number of rotatable bonds is 4. The van der Waals surface area contributed by atoms with Crippen LogP contribution >= 0.6 is 15.9 Å². The molecule has 188 valence electrons. The summed E-state index contributed by atoms with van der Waals surface area (Å²) in [6.07, 6.45) is -0.219. The molecule has 0 unspecified atom stereocenters. The SMILES string of the molecule is Cc1nc2c(c(=O)n1C(c1ccc(F)cc1)c1ccc(F)cc1)CCN(C(=O)Oc1ccc(Br)cc1)C2. The van der Waals surface area contributed by atoms with Crippen LogP contribution in [0.15, 0.2) is 82.1 Å². The Hall–Kier alpha value is -3.85. The van der Waals surface area contributed by atoms with Gasteiger partial charge >= 0.3 is 6.09 Å². The van der Waals surface area contributed by atoms with Crippen LogP contribution in [0.25, 0.3) is 0 Å². The van der Waals surface area contributed by atoms with E-state index in [2.05, 4.69) is 15.9 Å². The van der Waals surface area contributed by atoms with Gasteiger partial charge in [0.15, 0.2) is 0 Å². The summed E-state index contributed by atoms with van der Waals surface area (Å²) in [5.41, 5.74) is 2.09. The number of amides is 1. The number of halogens is 3. The highest BCUT2D eigenvalue weighted by Crippen LogP contribution is 2.28. The Kier molecular flexibility index (Phi) is 6.88. The number of benzene rings is 3. The molecule has 1 aliphatic heterocycles. The van der Waals surface area contributed by atoms with Crippen molar-refractivity contribution in [1.82, 2.24) is 14.5 Å². The Morgan fingerprint density at radius 1 is 0.946 bits per heavy atom. The lowest BCUT2D eigenvalue weighted by Gasteiger charge is -2.30. The van der Waals surface area contributed by atoms with Gasteiger partial charge in [-0.1, -0.05) is 40.2 Å². The average Bonchev–Trinajstić information content (AvgIpc) is 2.89. The normalized spacial score (nSPS) is 12.9. The minimum atomic E-state index is -0.633. The Balaban J connectivity index is 1.49. The van der Waals surface area contributed by atoms with E-state index in [-0.39, 0.29) is 12.1 Å². The molecule has 1 amide bonds. The van der Waals surface area contributed by atoms with Crippen molar-refractivity contribution >= 4 is 22.0 Å². The van der Waals surface area contributed by atoms with Crippen LogP contribution < -0.4 is 10.3 Å². The number of aromatic nitrogens is 2. The molecule has 0 bridgehead atoms. The highest BCUT2D eigenvalue weighted by atomic mass is 79.9. The number of carbonyl (C=O) groups excluding carboxylic acids is 1. The molecule has 0 aliphatic carbocycles. The van der Waals surface area contributed by atoms with Crippen LogP contribution in [0, 0.1) is 18.6 Å². The van der Waals surface area contributed by atoms with Gasteiger partial charge in [-0.25, -0.2) is 18.6 Å². The van der Waals surface area contributed by atoms with E-state index in [1.54, 1.807) is 60.0 Å². The summed E-state index contributed by atoms with van der Waals surface area (Å²) in [6.45, 7) is 2.14. The fourth-order valence-electron chi connectivity index (χ4n) is 4.53. The van der Waals surface area contributed by atoms with Crippen molar-refractivity contribution in [1.29, 1.82) is 0 Å². The minimum absolute atomic E-state index is 0.138. The van der Waals surface area contributed by atoms with Crippen LogP contribution in [-0.2, 0) is 13.0 Å². The molecule has 1 aliphatic rings. The van der Waals surface area contributed by atoms with E-state index in [4.69, 9.17) is 9.72 Å². The highest BCUT2D eigenvalue weighted by Gasteiger charge is 2.29. The van der Waals surface area contributed by atoms with E-state index < -0.39 is 23.8 Å². The number of nitrogens with zero attached hydrogens (tertiary/aromatic N) is 3. The van der Waals surface area contributed by atoms with Gasteiger partial charge in [-0.3, -0.25) is 9.36 Å². The zero-order chi connectivity index (χ0) is 26.1. The highest BCUT2D eigenvalue weighted by molar-refractivity contribution is 9.10. The zero-order valence-corrected chi connectivity index (χ0v) is 21.4. The third-order valence-electron chi connectivity index (χ3n) is 6.35. The summed E-state index contributed by atoms with van der Waals surface area (Å²) < 4.78 is 35.2. The lowest BCUT2D eigenvalue weighted by Crippen LogP contribution is -2.43. The van der Waals surface area contributed by atoms with Gasteiger partial charge in [0.2, 0.25) is 0 Å². The van der Waals surface area contributed by atoms with E-state index in [0.29, 0.717) is 46.9 Å². The largest absolute Gasteiger partial charge is 0.415 e. The van der Waals surface area contributed by atoms with E-state index in [0.717, 1.165) is 4.47 Å². The van der Waals surface area contributed by atoms with Gasteiger partial charge in [0.05, 0.1) is 18.3 Å². The molecular formula is C28H22BrF2N3O3. The third kappa shape index (κ3) is 5.17. The van der Waals surface area contributed by atoms with Gasteiger partial charge in [0.25, 0.3) is 5.56 Å². The van der Waals surface area contributed by atoms with E-state index in [1.165, 1.54) is 29.2 Å². The molecule has 37 heavy (non-hydrogen) atoms. The number of hydrogen-bond acceptors (Lipinski definition) is 4. The van der Waals surface area contributed by atoms with Crippen LogP contribution in [0.2, 0.25) is 0 Å². The van der Waals surface area contributed by atoms with Gasteiger partial charge in [-0.15, -0.1) is 0 Å². The first-order chi connectivity index (χ1) is 17.8. The minimum Gasteiger partial charge on any atom is -0.410 e. The second kappa shape index (κ2) is 10.3. The summed E-state index contributed by atoms with van der Waals surface area (Å²) in [4.78, 5) is 32.7. The third-order valence-corrected chi connectivity index (χ3v) is 6.88. The Bertz CT molecular complexity index is 1460. The number of fused-ring (bicyclic) bond motifs is 1. The summed E-state index contributed by atoms with van der Waals surface area (Å²) in [7, 11) is 0. The molecular weight excluding hydrogens is 544 g/mol. The summed E-state index contributed by atoms with van der Waals surface area (Å²) in [5.74, 6) is 0.0410. The molecule has 0 fully saturated rings. The summed E-state index contributed by atoms with van der Waals surface area (Å²) in [6, 6.07) is 18.0. The van der Waals surface area contributed by atoms with E-state index >= 15 is 0 Å². The first-order valence-electron chi connectivity index (χ1n) is 11.6. The quantitative estimate of drug-likeness (QED) is 0.314. The second-order valence-electron chi connectivity index (χ2n) is 8.76. The van der Waals surface area contributed by atoms with Gasteiger partial charge in [0, 0.05) is 16.6 Å². The fraction of sp³-hybridized carbons (Fsp3) is 0.179. The summed E-state index contributed by atoms with van der Waals surface area (Å²) >= 11 is 3.35. The molecule has 5 rings (SSSR count). The lowest BCUT2D eigenvalue weighted by atomic mass is 9.97. The molecule has 6 nitrogen and oxygen atoms in total. The first kappa shape index (κ1) is 24.8. The van der Waals surface area contributed by atoms with Gasteiger partial charge < -0.3 is 9.64 Å². The van der Waals surface area contributed by atoms with Gasteiger partial charge in [-0.05, 0) is 73.0 Å². The zero-order valence-electron chi connectivity index (χ0n) is 19.8. The molecule has 1 aromatic heterocycles. The maximum Gasteiger partial charge on any atom is 0.415 e. The monoisotopic (exact) mass is 565 g/mol. The predicted molar refractivity (Wildman–Crippen MR) is 138 cm³/mol. The fourth-order valence-corrected chi connectivity index (χ4v) is 4.79. The number of aryl methyl sites for hydroxylation is 1. The number of hydrogen-bond donors (Lipinski definition) is 0. The van der Waals surface area contributed by atoms with Crippen LogP contribution in [0.3, 0.4) is 0 Å². The van der Waals surface area contributed by atoms with Crippen molar-refractivity contribution in [3.63, 3.8) is 0 Å². The van der Waals surface area contributed by atoms with Gasteiger partial charge in [0.1, 0.15) is 23.2 Å². The molecule has 0 atom stereocenters. The first-order valence-corrected chi connectivity index (χ1v) is 12.4. The standard InChI is InChI=1S/C28H22BrF2N3O3/c1-17-32-25-16-33(28(36)37-23-12-6-20(29)7-13-23)15-14-24(25)27(35)34(17)26(18-2-8-21(30)9-3-18)19-4-10-22(31)11-5-19/h2-13,26H,14-16H2,1H3. The predicted octanol–water partition coefficient (Wildman–Crippen LogP) is 5.79. The van der Waals surface area contributed by atoms with E-state index in [9.17, 15) is 18.4 Å². The molecule has 0 saturated heterocycles. The number of carbonyl (C=O) groups is 1. The molecule has 2 heterocycles. The Morgan fingerprint density at radius 2 is 1.51 bits per heavy atom. The van der Waals surface area contributed by atoms with Crippen molar-refractivity contribution in [2.45, 2.75) is 25.9 Å². The van der Waals surface area contributed by atoms with Crippen molar-refractivity contribution < 1.29 is 18.3 Å². The van der Waals surface area contributed by atoms with Crippen molar-refractivity contribution in [3.8, 4) is 5.75 Å². The Labute approximate surface area is 220 Å². The molecule has 0 N–H and O–H groups in total. The van der Waals surface area contributed by atoms with Crippen LogP contribution in [-0.4, -0.2) is 27.1 Å². The summed E-state index contributed by atoms with van der Waals surface area (Å²) in [5, 5.41) is 0. The molecule has 0 spiro atoms. The molecule has 0 radical (unpaired) electrons. The van der Waals surface area contributed by atoms with Crippen molar-refractivity contribution in [2.24, 2.45) is 0 Å². The topological polar surface area (TPSA) is 64.4 Å². The molecule has 3 aromatic carbocycles. The van der Waals surface area contributed by atoms with Crippen molar-refractivity contribution in [2.75, 3.05) is 6.54 Å². The van der Waals surface area contributed by atoms with E-state index in [1.807, 2.05) is 0 Å². The lowest BCUT2D eigenvalue weighted by molar-refractivity contribution is 0.145. The maximum absolute atomic E-state index is 13.8.